The third-order valence-corrected chi connectivity index (χ3v) is 4.23. The van der Waals surface area contributed by atoms with Crippen LogP contribution in [0.5, 0.6) is 0 Å². The van der Waals surface area contributed by atoms with Crippen LogP contribution in [0.2, 0.25) is 0 Å². The largest absolute Gasteiger partial charge is 0.458 e. The Labute approximate surface area is 148 Å². The SMILES string of the molecule is CC(C)(C)OC(=O)[C@@H]1NC(=O)C[C@H]1c1ccc(-c2ccccc2)cc1. The molecule has 1 amide bonds. The molecular formula is C21H23NO3. The summed E-state index contributed by atoms with van der Waals surface area (Å²) in [7, 11) is 0. The fourth-order valence-corrected chi connectivity index (χ4v) is 3.10. The van der Waals surface area contributed by atoms with Gasteiger partial charge in [-0.2, -0.15) is 0 Å². The third kappa shape index (κ3) is 4.08. The molecule has 1 fully saturated rings. The van der Waals surface area contributed by atoms with Gasteiger partial charge in [0.1, 0.15) is 11.6 Å². The van der Waals surface area contributed by atoms with Crippen LogP contribution in [0.4, 0.5) is 0 Å². The van der Waals surface area contributed by atoms with Gasteiger partial charge in [-0.3, -0.25) is 4.79 Å². The summed E-state index contributed by atoms with van der Waals surface area (Å²) in [6.45, 7) is 5.47. The molecule has 2 atom stereocenters. The molecule has 1 aliphatic heterocycles. The monoisotopic (exact) mass is 337 g/mol. The van der Waals surface area contributed by atoms with Gasteiger partial charge >= 0.3 is 5.97 Å². The van der Waals surface area contributed by atoms with Crippen LogP contribution in [0.1, 0.15) is 38.7 Å². The number of hydrogen-bond donors (Lipinski definition) is 1. The first-order valence-electron chi connectivity index (χ1n) is 8.51. The average molecular weight is 337 g/mol. The van der Waals surface area contributed by atoms with Gasteiger partial charge in [0, 0.05) is 12.3 Å². The quantitative estimate of drug-likeness (QED) is 0.870. The summed E-state index contributed by atoms with van der Waals surface area (Å²) in [6, 6.07) is 17.5. The molecule has 2 aromatic carbocycles. The van der Waals surface area contributed by atoms with E-state index in [2.05, 4.69) is 17.4 Å². The molecule has 0 spiro atoms. The lowest BCUT2D eigenvalue weighted by atomic mass is 9.90. The van der Waals surface area contributed by atoms with Gasteiger partial charge in [-0.25, -0.2) is 4.79 Å². The molecule has 3 rings (SSSR count). The molecule has 1 heterocycles. The highest BCUT2D eigenvalue weighted by atomic mass is 16.6. The Morgan fingerprint density at radius 1 is 1.00 bits per heavy atom. The van der Waals surface area contributed by atoms with Gasteiger partial charge in [-0.15, -0.1) is 0 Å². The van der Waals surface area contributed by atoms with E-state index >= 15 is 0 Å². The van der Waals surface area contributed by atoms with Gasteiger partial charge < -0.3 is 10.1 Å². The van der Waals surface area contributed by atoms with Gasteiger partial charge in [0.15, 0.2) is 0 Å². The van der Waals surface area contributed by atoms with E-state index in [-0.39, 0.29) is 17.8 Å². The molecule has 1 N–H and O–H groups in total. The lowest BCUT2D eigenvalue weighted by molar-refractivity contribution is -0.157. The van der Waals surface area contributed by atoms with E-state index in [9.17, 15) is 9.59 Å². The van der Waals surface area contributed by atoms with Gasteiger partial charge in [-0.05, 0) is 37.5 Å². The first kappa shape index (κ1) is 17.2. The second-order valence-corrected chi connectivity index (χ2v) is 7.38. The predicted molar refractivity (Wildman–Crippen MR) is 97.0 cm³/mol. The van der Waals surface area contributed by atoms with Crippen molar-refractivity contribution in [3.63, 3.8) is 0 Å². The molecule has 1 aliphatic rings. The van der Waals surface area contributed by atoms with Gasteiger partial charge in [0.05, 0.1) is 0 Å². The Morgan fingerprint density at radius 2 is 1.60 bits per heavy atom. The molecule has 4 heteroatoms. The number of rotatable bonds is 3. The minimum absolute atomic E-state index is 0.118. The zero-order valence-electron chi connectivity index (χ0n) is 14.8. The second-order valence-electron chi connectivity index (χ2n) is 7.38. The summed E-state index contributed by atoms with van der Waals surface area (Å²) in [6.07, 6.45) is 0.300. The molecular weight excluding hydrogens is 314 g/mol. The molecule has 25 heavy (non-hydrogen) atoms. The minimum atomic E-state index is -0.630. The van der Waals surface area contributed by atoms with Crippen molar-refractivity contribution in [3.8, 4) is 11.1 Å². The third-order valence-electron chi connectivity index (χ3n) is 4.23. The van der Waals surface area contributed by atoms with Crippen LogP contribution in [0, 0.1) is 0 Å². The van der Waals surface area contributed by atoms with Crippen molar-refractivity contribution in [3.05, 3.63) is 60.2 Å². The number of nitrogens with one attached hydrogen (secondary N) is 1. The summed E-state index contributed by atoms with van der Waals surface area (Å²) in [5.74, 6) is -0.698. The number of ether oxygens (including phenoxy) is 1. The zero-order chi connectivity index (χ0) is 18.0. The highest BCUT2D eigenvalue weighted by Crippen LogP contribution is 2.31. The van der Waals surface area contributed by atoms with Crippen molar-refractivity contribution in [1.82, 2.24) is 5.32 Å². The van der Waals surface area contributed by atoms with Gasteiger partial charge in [0.25, 0.3) is 0 Å². The maximum absolute atomic E-state index is 12.4. The van der Waals surface area contributed by atoms with Crippen LogP contribution in [0.25, 0.3) is 11.1 Å². The molecule has 1 saturated heterocycles. The zero-order valence-corrected chi connectivity index (χ0v) is 14.8. The van der Waals surface area contributed by atoms with Crippen LogP contribution in [0.15, 0.2) is 54.6 Å². The number of hydrogen-bond acceptors (Lipinski definition) is 3. The van der Waals surface area contributed by atoms with Crippen molar-refractivity contribution >= 4 is 11.9 Å². The molecule has 2 aromatic rings. The van der Waals surface area contributed by atoms with E-state index in [1.807, 2.05) is 63.2 Å². The number of benzene rings is 2. The van der Waals surface area contributed by atoms with E-state index in [1.165, 1.54) is 0 Å². The molecule has 0 unspecified atom stereocenters. The molecule has 0 bridgehead atoms. The first-order valence-corrected chi connectivity index (χ1v) is 8.51. The van der Waals surface area contributed by atoms with Crippen LogP contribution < -0.4 is 5.32 Å². The Balaban J connectivity index is 1.81. The maximum atomic E-state index is 12.4. The van der Waals surface area contributed by atoms with Gasteiger partial charge in [-0.1, -0.05) is 54.6 Å². The molecule has 0 aliphatic carbocycles. The molecule has 0 aromatic heterocycles. The highest BCUT2D eigenvalue weighted by Gasteiger charge is 2.40. The van der Waals surface area contributed by atoms with Crippen molar-refractivity contribution in [1.29, 1.82) is 0 Å². The molecule has 130 valence electrons. The second kappa shape index (κ2) is 6.71. The fourth-order valence-electron chi connectivity index (χ4n) is 3.10. The van der Waals surface area contributed by atoms with E-state index in [4.69, 9.17) is 4.74 Å². The van der Waals surface area contributed by atoms with Crippen molar-refractivity contribution in [2.45, 2.75) is 44.8 Å². The number of carbonyl (C=O) groups excluding carboxylic acids is 2. The van der Waals surface area contributed by atoms with E-state index < -0.39 is 11.6 Å². The Bertz CT molecular complexity index is 760. The topological polar surface area (TPSA) is 55.4 Å². The van der Waals surface area contributed by atoms with E-state index in [0.29, 0.717) is 6.42 Å². The average Bonchev–Trinajstić information content (AvgIpc) is 2.96. The number of carbonyl (C=O) groups is 2. The number of amides is 1. The van der Waals surface area contributed by atoms with Crippen molar-refractivity contribution in [2.24, 2.45) is 0 Å². The molecule has 4 nitrogen and oxygen atoms in total. The Hall–Kier alpha value is -2.62. The lowest BCUT2D eigenvalue weighted by Crippen LogP contribution is -2.41. The van der Waals surface area contributed by atoms with Crippen molar-refractivity contribution in [2.75, 3.05) is 0 Å². The summed E-state index contributed by atoms with van der Waals surface area (Å²) >= 11 is 0. The van der Waals surface area contributed by atoms with E-state index in [1.54, 1.807) is 0 Å². The Morgan fingerprint density at radius 3 is 2.20 bits per heavy atom. The fraction of sp³-hybridized carbons (Fsp3) is 0.333. The first-order chi connectivity index (χ1) is 11.8. The van der Waals surface area contributed by atoms with Gasteiger partial charge in [0.2, 0.25) is 5.91 Å². The molecule has 0 radical (unpaired) electrons. The maximum Gasteiger partial charge on any atom is 0.329 e. The summed E-state index contributed by atoms with van der Waals surface area (Å²) in [4.78, 5) is 24.3. The normalized spacial score (nSPS) is 20.2. The molecule has 0 saturated carbocycles. The van der Waals surface area contributed by atoms with Crippen LogP contribution >= 0.6 is 0 Å². The lowest BCUT2D eigenvalue weighted by Gasteiger charge is -2.24. The van der Waals surface area contributed by atoms with Crippen LogP contribution in [-0.4, -0.2) is 23.5 Å². The Kier molecular flexibility index (Phi) is 4.62. The minimum Gasteiger partial charge on any atom is -0.458 e. The predicted octanol–water partition coefficient (Wildman–Crippen LogP) is 3.67. The van der Waals surface area contributed by atoms with Crippen LogP contribution in [-0.2, 0) is 14.3 Å². The smallest absolute Gasteiger partial charge is 0.329 e. The highest BCUT2D eigenvalue weighted by molar-refractivity contribution is 5.90. The summed E-state index contributed by atoms with van der Waals surface area (Å²) in [5.41, 5.74) is 2.63. The summed E-state index contributed by atoms with van der Waals surface area (Å²) in [5, 5.41) is 2.76. The van der Waals surface area contributed by atoms with E-state index in [0.717, 1.165) is 16.7 Å². The van der Waals surface area contributed by atoms with Crippen LogP contribution in [0.3, 0.4) is 0 Å². The summed E-state index contributed by atoms with van der Waals surface area (Å²) < 4.78 is 5.46. The number of esters is 1. The standard InChI is InChI=1S/C21H23NO3/c1-21(2,3)25-20(24)19-17(13-18(23)22-19)16-11-9-15(10-12-16)14-7-5-4-6-8-14/h4-12,17,19H,13H2,1-3H3,(H,22,23)/t17-,19+/m0/s1. The van der Waals surface area contributed by atoms with Crippen molar-refractivity contribution < 1.29 is 14.3 Å².